The molecule has 0 spiro atoms. The Kier molecular flexibility index (Phi) is 4.94. The zero-order valence-corrected chi connectivity index (χ0v) is 9.77. The van der Waals surface area contributed by atoms with Gasteiger partial charge in [-0.1, -0.05) is 31.2 Å². The normalized spacial score (nSPS) is 10.4. The van der Waals surface area contributed by atoms with Crippen LogP contribution in [0.2, 0.25) is 0 Å². The lowest BCUT2D eigenvalue weighted by Crippen LogP contribution is -2.32. The van der Waals surface area contributed by atoms with E-state index in [0.29, 0.717) is 0 Å². The molecule has 0 bridgehead atoms. The predicted octanol–water partition coefficient (Wildman–Crippen LogP) is 0.864. The first-order chi connectivity index (χ1) is 8.11. The maximum absolute atomic E-state index is 11.2. The average Bonchev–Trinajstić information content (AvgIpc) is 2.34. The molecule has 4 heteroatoms. The van der Waals surface area contributed by atoms with Crippen molar-refractivity contribution < 1.29 is 9.59 Å². The highest BCUT2D eigenvalue weighted by atomic mass is 16.2. The molecule has 0 radical (unpaired) electrons. The molecule has 0 heterocycles. The van der Waals surface area contributed by atoms with Gasteiger partial charge >= 0.3 is 0 Å². The first-order valence-corrected chi connectivity index (χ1v) is 5.45. The highest BCUT2D eigenvalue weighted by Crippen LogP contribution is 2.06. The summed E-state index contributed by atoms with van der Waals surface area (Å²) in [7, 11) is 0. The third-order valence-corrected chi connectivity index (χ3v) is 2.25. The Morgan fingerprint density at radius 3 is 2.47 bits per heavy atom. The van der Waals surface area contributed by atoms with Crippen molar-refractivity contribution in [2.75, 3.05) is 6.54 Å². The number of benzene rings is 1. The Morgan fingerprint density at radius 2 is 1.94 bits per heavy atom. The van der Waals surface area contributed by atoms with Crippen LogP contribution in [0.15, 0.2) is 30.3 Å². The largest absolute Gasteiger partial charge is 0.368 e. The second-order valence-electron chi connectivity index (χ2n) is 3.61. The van der Waals surface area contributed by atoms with Crippen LogP contribution in [-0.4, -0.2) is 18.4 Å². The molecular weight excluding hydrogens is 216 g/mol. The van der Waals surface area contributed by atoms with E-state index >= 15 is 0 Å². The molecular formula is C13H16N2O2. The van der Waals surface area contributed by atoms with Crippen molar-refractivity contribution in [3.63, 3.8) is 0 Å². The standard InChI is InChI=1S/C13H16N2O2/c1-2-10-3-5-11(6-4-10)7-8-13(17)15-9-12(14)16/h3-8H,2,9H2,1H3,(H2,14,16)(H,15,17). The Hall–Kier alpha value is -2.10. The van der Waals surface area contributed by atoms with Gasteiger partial charge in [-0.25, -0.2) is 0 Å². The van der Waals surface area contributed by atoms with Gasteiger partial charge < -0.3 is 11.1 Å². The van der Waals surface area contributed by atoms with E-state index in [-0.39, 0.29) is 12.5 Å². The quantitative estimate of drug-likeness (QED) is 0.739. The number of carbonyl (C=O) groups is 2. The minimum absolute atomic E-state index is 0.141. The van der Waals surface area contributed by atoms with E-state index in [0.717, 1.165) is 12.0 Å². The van der Waals surface area contributed by atoms with E-state index in [4.69, 9.17) is 5.73 Å². The third-order valence-electron chi connectivity index (χ3n) is 2.25. The first-order valence-electron chi connectivity index (χ1n) is 5.45. The van der Waals surface area contributed by atoms with Gasteiger partial charge in [0.05, 0.1) is 6.54 Å². The summed E-state index contributed by atoms with van der Waals surface area (Å²) in [5, 5.41) is 2.37. The molecule has 3 N–H and O–H groups in total. The molecule has 1 aromatic carbocycles. The molecule has 0 saturated carbocycles. The van der Waals surface area contributed by atoms with Crippen LogP contribution >= 0.6 is 0 Å². The van der Waals surface area contributed by atoms with Crippen molar-refractivity contribution in [1.82, 2.24) is 5.32 Å². The number of primary amides is 1. The van der Waals surface area contributed by atoms with Crippen molar-refractivity contribution in [2.24, 2.45) is 5.73 Å². The number of nitrogens with two attached hydrogens (primary N) is 1. The fraction of sp³-hybridized carbons (Fsp3) is 0.231. The van der Waals surface area contributed by atoms with Gasteiger partial charge in [-0.15, -0.1) is 0 Å². The van der Waals surface area contributed by atoms with E-state index in [1.807, 2.05) is 24.3 Å². The second kappa shape index (κ2) is 6.48. The zero-order chi connectivity index (χ0) is 12.7. The summed E-state index contributed by atoms with van der Waals surface area (Å²) in [5.41, 5.74) is 7.09. The van der Waals surface area contributed by atoms with Crippen molar-refractivity contribution in [1.29, 1.82) is 0 Å². The van der Waals surface area contributed by atoms with Gasteiger partial charge in [-0.2, -0.15) is 0 Å². The van der Waals surface area contributed by atoms with Gasteiger partial charge in [-0.3, -0.25) is 9.59 Å². The van der Waals surface area contributed by atoms with Gasteiger partial charge in [0.25, 0.3) is 0 Å². The number of hydrogen-bond acceptors (Lipinski definition) is 2. The average molecular weight is 232 g/mol. The summed E-state index contributed by atoms with van der Waals surface area (Å²) < 4.78 is 0. The minimum atomic E-state index is -0.556. The van der Waals surface area contributed by atoms with Crippen LogP contribution < -0.4 is 11.1 Å². The summed E-state index contributed by atoms with van der Waals surface area (Å²) in [6.07, 6.45) is 4.06. The molecule has 0 aliphatic heterocycles. The topological polar surface area (TPSA) is 72.2 Å². The van der Waals surface area contributed by atoms with Crippen molar-refractivity contribution in [2.45, 2.75) is 13.3 Å². The van der Waals surface area contributed by atoms with Crippen LogP contribution in [0, 0.1) is 0 Å². The van der Waals surface area contributed by atoms with Gasteiger partial charge in [0, 0.05) is 6.08 Å². The number of aryl methyl sites for hydroxylation is 1. The van der Waals surface area contributed by atoms with Crippen LogP contribution in [0.3, 0.4) is 0 Å². The van der Waals surface area contributed by atoms with Gasteiger partial charge in [0.1, 0.15) is 0 Å². The maximum atomic E-state index is 11.2. The minimum Gasteiger partial charge on any atom is -0.368 e. The molecule has 0 aliphatic carbocycles. The van der Waals surface area contributed by atoms with Gasteiger partial charge in [-0.05, 0) is 23.6 Å². The third kappa shape index (κ3) is 4.97. The highest BCUT2D eigenvalue weighted by Gasteiger charge is 1.97. The lowest BCUT2D eigenvalue weighted by molar-refractivity contribution is -0.122. The van der Waals surface area contributed by atoms with Crippen LogP contribution in [-0.2, 0) is 16.0 Å². The number of carbonyl (C=O) groups excluding carboxylic acids is 2. The second-order valence-corrected chi connectivity index (χ2v) is 3.61. The van der Waals surface area contributed by atoms with Crippen molar-refractivity contribution >= 4 is 17.9 Å². The maximum Gasteiger partial charge on any atom is 0.244 e. The lowest BCUT2D eigenvalue weighted by atomic mass is 10.1. The smallest absolute Gasteiger partial charge is 0.244 e. The van der Waals surface area contributed by atoms with E-state index in [9.17, 15) is 9.59 Å². The zero-order valence-electron chi connectivity index (χ0n) is 9.77. The predicted molar refractivity (Wildman–Crippen MR) is 67.1 cm³/mol. The van der Waals surface area contributed by atoms with E-state index < -0.39 is 5.91 Å². The van der Waals surface area contributed by atoms with Crippen LogP contribution in [0.5, 0.6) is 0 Å². The number of hydrogen-bond donors (Lipinski definition) is 2. The molecule has 1 aromatic rings. The summed E-state index contributed by atoms with van der Waals surface area (Å²) >= 11 is 0. The Morgan fingerprint density at radius 1 is 1.29 bits per heavy atom. The fourth-order valence-electron chi connectivity index (χ4n) is 1.27. The molecule has 0 unspecified atom stereocenters. The highest BCUT2D eigenvalue weighted by molar-refractivity contribution is 5.94. The molecule has 17 heavy (non-hydrogen) atoms. The molecule has 1 rings (SSSR count). The molecule has 0 aromatic heterocycles. The van der Waals surface area contributed by atoms with Crippen molar-refractivity contribution in [3.05, 3.63) is 41.5 Å². The van der Waals surface area contributed by atoms with Crippen LogP contribution in [0.25, 0.3) is 6.08 Å². The lowest BCUT2D eigenvalue weighted by Gasteiger charge is -1.98. The van der Waals surface area contributed by atoms with E-state index in [2.05, 4.69) is 12.2 Å². The molecule has 90 valence electrons. The number of nitrogens with one attached hydrogen (secondary N) is 1. The van der Waals surface area contributed by atoms with Crippen LogP contribution in [0.1, 0.15) is 18.1 Å². The monoisotopic (exact) mass is 232 g/mol. The van der Waals surface area contributed by atoms with E-state index in [1.165, 1.54) is 11.6 Å². The molecule has 0 saturated heterocycles. The van der Waals surface area contributed by atoms with E-state index in [1.54, 1.807) is 6.08 Å². The fourth-order valence-corrected chi connectivity index (χ4v) is 1.27. The molecule has 0 fully saturated rings. The summed E-state index contributed by atoms with van der Waals surface area (Å²) in [6, 6.07) is 7.91. The summed E-state index contributed by atoms with van der Waals surface area (Å²) in [6.45, 7) is 1.94. The van der Waals surface area contributed by atoms with Crippen molar-refractivity contribution in [3.8, 4) is 0 Å². The Balaban J connectivity index is 2.51. The molecule has 2 amide bonds. The number of rotatable bonds is 5. The molecule has 0 atom stereocenters. The van der Waals surface area contributed by atoms with Gasteiger partial charge in [0.2, 0.25) is 11.8 Å². The Bertz CT molecular complexity index is 422. The Labute approximate surface area is 101 Å². The van der Waals surface area contributed by atoms with Crippen LogP contribution in [0.4, 0.5) is 0 Å². The molecule has 0 aliphatic rings. The molecule has 4 nitrogen and oxygen atoms in total. The first kappa shape index (κ1) is 13.0. The number of amides is 2. The van der Waals surface area contributed by atoms with Gasteiger partial charge in [0.15, 0.2) is 0 Å². The SMILES string of the molecule is CCc1ccc(C=CC(=O)NCC(N)=O)cc1. The summed E-state index contributed by atoms with van der Waals surface area (Å²) in [4.78, 5) is 21.7. The summed E-state index contributed by atoms with van der Waals surface area (Å²) in [5.74, 6) is -0.887.